The standard InChI is InChI=1S/C19H31NO2.C19H31NO.C18H29NO2.C18H29NO.CH4/c1-5-7-8-15-22-17-12-9-16(10-13-17)11-14-19(21)18(6-2)20(3)4;1-4-7-8-9-16-10-12-17(13-11-16)14-15-19(21)18(5-2)20-6-3;1-4-6-7-14-21-16-11-8-15(9-12-16)10-13-18(20)17(5-2)19-3;1-4-6-7-8-15-9-11-16(12-10-15)13-14-18(20)17(5-2)19-3;/h9-14,18-19,21H,5-8,15H2,1-4H3;10-15,18-21H,4-9H2,1-3H3;8-13,17-20H,4-7,14H2,1-3H3;9-14,17-20H,4-8H2,1-3H3;1H4/b14-11+;15-14+;13-10+;14-13+;/t2*18-,19+;2*17-,18+;/m1111./s1. The molecule has 0 saturated carbocycles. The molecule has 7 N–H and O–H groups in total. The molecule has 10 heteroatoms. The topological polar surface area (TPSA) is 139 Å². The number of aryl methyl sites for hydroxylation is 2. The van der Waals surface area contributed by atoms with Crippen molar-refractivity contribution in [2.75, 3.05) is 47.9 Å². The van der Waals surface area contributed by atoms with Gasteiger partial charge in [-0.15, -0.1) is 0 Å². The van der Waals surface area contributed by atoms with Crippen molar-refractivity contribution in [3.8, 4) is 11.5 Å². The Morgan fingerprint density at radius 1 is 0.400 bits per heavy atom. The van der Waals surface area contributed by atoms with Crippen LogP contribution in [-0.4, -0.2) is 122 Å². The van der Waals surface area contributed by atoms with Crippen LogP contribution in [0.25, 0.3) is 24.3 Å². The largest absolute Gasteiger partial charge is 0.494 e. The number of hydrogen-bond donors (Lipinski definition) is 7. The third-order valence-electron chi connectivity index (χ3n) is 15.1. The first-order valence-electron chi connectivity index (χ1n) is 32.5. The molecule has 0 heterocycles. The fourth-order valence-corrected chi connectivity index (χ4v) is 9.47. The molecular formula is C75H124N4O6. The number of unbranched alkanes of at least 4 members (excludes halogenated alkanes) is 8. The zero-order valence-corrected chi connectivity index (χ0v) is 54.9. The second kappa shape index (κ2) is 52.3. The highest BCUT2D eigenvalue weighted by molar-refractivity contribution is 5.53. The fraction of sp³-hybridized carbons (Fsp3) is 0.573. The molecule has 480 valence electrons. The Kier molecular flexibility index (Phi) is 49.3. The van der Waals surface area contributed by atoms with E-state index in [2.05, 4.69) is 132 Å². The molecule has 4 aromatic rings. The first-order valence-corrected chi connectivity index (χ1v) is 32.5. The number of hydrogen-bond acceptors (Lipinski definition) is 10. The molecule has 0 bridgehead atoms. The molecule has 4 aromatic carbocycles. The summed E-state index contributed by atoms with van der Waals surface area (Å²) in [6.07, 6.45) is 34.3. The molecule has 0 spiro atoms. The molecule has 0 unspecified atom stereocenters. The van der Waals surface area contributed by atoms with E-state index in [0.29, 0.717) is 0 Å². The predicted octanol–water partition coefficient (Wildman–Crippen LogP) is 16.2. The Morgan fingerprint density at radius 2 is 0.706 bits per heavy atom. The van der Waals surface area contributed by atoms with Crippen molar-refractivity contribution in [3.05, 3.63) is 155 Å². The van der Waals surface area contributed by atoms with Crippen molar-refractivity contribution in [3.63, 3.8) is 0 Å². The number of ether oxygens (including phenoxy) is 2. The van der Waals surface area contributed by atoms with Crippen LogP contribution in [0.15, 0.2) is 121 Å². The van der Waals surface area contributed by atoms with E-state index in [4.69, 9.17) is 9.47 Å². The highest BCUT2D eigenvalue weighted by Crippen LogP contribution is 2.18. The van der Waals surface area contributed by atoms with E-state index >= 15 is 0 Å². The van der Waals surface area contributed by atoms with Gasteiger partial charge in [0, 0.05) is 24.2 Å². The minimum atomic E-state index is -0.468. The van der Waals surface area contributed by atoms with E-state index in [9.17, 15) is 20.4 Å². The van der Waals surface area contributed by atoms with Gasteiger partial charge in [0.2, 0.25) is 0 Å². The van der Waals surface area contributed by atoms with Crippen molar-refractivity contribution < 1.29 is 29.9 Å². The van der Waals surface area contributed by atoms with Crippen LogP contribution in [-0.2, 0) is 12.8 Å². The van der Waals surface area contributed by atoms with Crippen LogP contribution < -0.4 is 25.4 Å². The summed E-state index contributed by atoms with van der Waals surface area (Å²) in [5.41, 5.74) is 7.25. The Bertz CT molecular complexity index is 2240. The summed E-state index contributed by atoms with van der Waals surface area (Å²) in [5.74, 6) is 1.82. The number of aliphatic hydroxyl groups excluding tert-OH is 4. The van der Waals surface area contributed by atoms with Gasteiger partial charge in [-0.25, -0.2) is 0 Å². The number of rotatable bonds is 39. The highest BCUT2D eigenvalue weighted by Gasteiger charge is 2.17. The number of nitrogens with zero attached hydrogens (tertiary/aromatic N) is 1. The summed E-state index contributed by atoms with van der Waals surface area (Å²) >= 11 is 0. The average Bonchev–Trinajstić information content (AvgIpc) is 3.58. The molecule has 0 aliphatic carbocycles. The minimum Gasteiger partial charge on any atom is -0.494 e. The van der Waals surface area contributed by atoms with E-state index in [1.165, 1.54) is 81.8 Å². The quantitative estimate of drug-likeness (QED) is 0.0216. The smallest absolute Gasteiger partial charge is 0.119 e. The van der Waals surface area contributed by atoms with Crippen molar-refractivity contribution in [1.29, 1.82) is 0 Å². The lowest BCUT2D eigenvalue weighted by Gasteiger charge is -2.25. The van der Waals surface area contributed by atoms with E-state index in [1.807, 2.05) is 125 Å². The highest BCUT2D eigenvalue weighted by atomic mass is 16.5. The van der Waals surface area contributed by atoms with Crippen molar-refractivity contribution in [2.24, 2.45) is 0 Å². The van der Waals surface area contributed by atoms with Crippen LogP contribution in [0.3, 0.4) is 0 Å². The molecule has 0 amide bonds. The van der Waals surface area contributed by atoms with Crippen molar-refractivity contribution in [2.45, 2.75) is 234 Å². The van der Waals surface area contributed by atoms with Gasteiger partial charge in [-0.3, -0.25) is 0 Å². The van der Waals surface area contributed by atoms with E-state index in [0.717, 1.165) is 98.5 Å². The van der Waals surface area contributed by atoms with Gasteiger partial charge < -0.3 is 50.8 Å². The average molecular weight is 1180 g/mol. The normalized spacial score (nSPS) is 14.3. The maximum Gasteiger partial charge on any atom is 0.119 e. The van der Waals surface area contributed by atoms with Crippen LogP contribution in [0, 0.1) is 0 Å². The minimum absolute atomic E-state index is 0. The van der Waals surface area contributed by atoms with Crippen LogP contribution in [0.5, 0.6) is 11.5 Å². The third-order valence-corrected chi connectivity index (χ3v) is 15.1. The van der Waals surface area contributed by atoms with Gasteiger partial charge in [-0.05, 0) is 157 Å². The van der Waals surface area contributed by atoms with Gasteiger partial charge in [0.1, 0.15) is 11.5 Å². The maximum absolute atomic E-state index is 10.2. The Balaban J connectivity index is 0.00000110. The van der Waals surface area contributed by atoms with Crippen LogP contribution in [0.4, 0.5) is 0 Å². The molecule has 0 aliphatic rings. The Labute approximate surface area is 520 Å². The lowest BCUT2D eigenvalue weighted by Crippen LogP contribution is -2.38. The van der Waals surface area contributed by atoms with Gasteiger partial charge >= 0.3 is 0 Å². The molecule has 10 nitrogen and oxygen atoms in total. The van der Waals surface area contributed by atoms with Gasteiger partial charge in [0.05, 0.1) is 37.6 Å². The monoisotopic (exact) mass is 1180 g/mol. The lowest BCUT2D eigenvalue weighted by molar-refractivity contribution is 0.110. The molecule has 0 saturated heterocycles. The third kappa shape index (κ3) is 37.4. The van der Waals surface area contributed by atoms with E-state index < -0.39 is 24.4 Å². The Hall–Kier alpha value is -4.88. The molecule has 0 fully saturated rings. The summed E-state index contributed by atoms with van der Waals surface area (Å²) in [6, 6.07) is 33.8. The molecule has 85 heavy (non-hydrogen) atoms. The summed E-state index contributed by atoms with van der Waals surface area (Å²) in [5, 5.41) is 49.9. The molecular weight excluding hydrogens is 1050 g/mol. The summed E-state index contributed by atoms with van der Waals surface area (Å²) in [4.78, 5) is 2.06. The molecule has 8 atom stereocenters. The summed E-state index contributed by atoms with van der Waals surface area (Å²) < 4.78 is 11.4. The predicted molar refractivity (Wildman–Crippen MR) is 371 cm³/mol. The summed E-state index contributed by atoms with van der Waals surface area (Å²) in [7, 11) is 7.75. The molecule has 0 radical (unpaired) electrons. The zero-order valence-electron chi connectivity index (χ0n) is 54.9. The van der Waals surface area contributed by atoms with Crippen molar-refractivity contribution >= 4 is 24.3 Å². The first-order chi connectivity index (χ1) is 40.7. The summed E-state index contributed by atoms with van der Waals surface area (Å²) in [6.45, 7) is 21.7. The number of nitrogens with one attached hydrogen (secondary N) is 3. The SMILES string of the molecule is C.CCCCCOc1ccc(/C=C/[C@H](O)[C@@H](CC)N(C)C)cc1.CCCCCOc1ccc(/C=C/[C@H](O)[C@@H](CC)NC)cc1.CCCCCc1ccc(/C=C/[C@H](O)[C@@H](CC)NC)cc1.CCCCCc1ccc(/C=C/[C@H](O)[C@@H](CC)NCC)cc1. The van der Waals surface area contributed by atoms with Gasteiger partial charge in [0.15, 0.2) is 0 Å². The van der Waals surface area contributed by atoms with E-state index in [-0.39, 0.29) is 31.6 Å². The van der Waals surface area contributed by atoms with Crippen molar-refractivity contribution in [1.82, 2.24) is 20.9 Å². The zero-order chi connectivity index (χ0) is 62.2. The van der Waals surface area contributed by atoms with Gasteiger partial charge in [-0.1, -0.05) is 243 Å². The van der Waals surface area contributed by atoms with Gasteiger partial charge in [0.25, 0.3) is 0 Å². The van der Waals surface area contributed by atoms with Gasteiger partial charge in [-0.2, -0.15) is 0 Å². The fourth-order valence-electron chi connectivity index (χ4n) is 9.47. The van der Waals surface area contributed by atoms with E-state index in [1.54, 1.807) is 0 Å². The number of benzene rings is 4. The second-order valence-electron chi connectivity index (χ2n) is 22.2. The van der Waals surface area contributed by atoms with Crippen LogP contribution in [0.2, 0.25) is 0 Å². The Morgan fingerprint density at radius 3 is 0.988 bits per heavy atom. The van der Waals surface area contributed by atoms with Crippen LogP contribution in [0.1, 0.15) is 206 Å². The lowest BCUT2D eigenvalue weighted by atomic mass is 10.0. The molecule has 4 rings (SSSR count). The van der Waals surface area contributed by atoms with Crippen LogP contribution >= 0.6 is 0 Å². The molecule has 0 aromatic heterocycles. The number of likely N-dealkylation sites (N-methyl/N-ethyl adjacent to an activating group) is 4. The molecule has 0 aliphatic heterocycles. The maximum atomic E-state index is 10.2. The first kappa shape index (κ1) is 80.1. The number of aliphatic hydroxyl groups is 4. The second-order valence-corrected chi connectivity index (χ2v) is 22.2.